The van der Waals surface area contributed by atoms with E-state index in [9.17, 15) is 9.59 Å². The number of nitrogens with zero attached hydrogens (tertiary/aromatic N) is 1. The van der Waals surface area contributed by atoms with Crippen LogP contribution in [0.15, 0.2) is 27.8 Å². The normalized spacial score (nSPS) is 10.4. The van der Waals surface area contributed by atoms with Crippen molar-refractivity contribution >= 4 is 11.6 Å². The third-order valence-electron chi connectivity index (χ3n) is 2.30. The van der Waals surface area contributed by atoms with Crippen LogP contribution in [0.4, 0.5) is 5.69 Å². The summed E-state index contributed by atoms with van der Waals surface area (Å²) in [6.07, 6.45) is 3.38. The summed E-state index contributed by atoms with van der Waals surface area (Å²) in [5.74, 6) is -0.875. The Hall–Kier alpha value is -2.57. The van der Waals surface area contributed by atoms with Gasteiger partial charge in [0.2, 0.25) is 0 Å². The van der Waals surface area contributed by atoms with E-state index in [-0.39, 0.29) is 11.3 Å². The molecule has 2 rings (SSSR count). The van der Waals surface area contributed by atoms with Crippen LogP contribution < -0.4 is 17.0 Å². The minimum Gasteiger partial charge on any atom is -0.472 e. The van der Waals surface area contributed by atoms with E-state index >= 15 is 0 Å². The van der Waals surface area contributed by atoms with E-state index in [1.165, 1.54) is 12.5 Å². The number of H-pyrrole nitrogens is 1. The lowest BCUT2D eigenvalue weighted by molar-refractivity contribution is 0.0999. The third kappa shape index (κ3) is 2.03. The van der Waals surface area contributed by atoms with Crippen molar-refractivity contribution in [3.63, 3.8) is 0 Å². The second-order valence-corrected chi connectivity index (χ2v) is 3.46. The molecule has 0 radical (unpaired) electrons. The molecule has 0 fully saturated rings. The highest BCUT2D eigenvalue weighted by Crippen LogP contribution is 2.15. The standard InChI is InChI=1S/C10H10N4O3/c11-8-6(3-5-1-2-17-4-5)13-14-10(16)7(8)9(12)15/h1-2,4H,3H2,(H2,12,15)(H3,11,14,16). The van der Waals surface area contributed by atoms with Gasteiger partial charge in [0.1, 0.15) is 5.56 Å². The Morgan fingerprint density at radius 1 is 1.53 bits per heavy atom. The maximum atomic E-state index is 11.3. The first-order chi connectivity index (χ1) is 8.09. The molecule has 17 heavy (non-hydrogen) atoms. The molecule has 0 aliphatic rings. The first kappa shape index (κ1) is 10.9. The van der Waals surface area contributed by atoms with E-state index in [0.29, 0.717) is 12.1 Å². The van der Waals surface area contributed by atoms with Gasteiger partial charge in [-0.05, 0) is 11.6 Å². The molecule has 2 aromatic heterocycles. The topological polar surface area (TPSA) is 128 Å². The predicted molar refractivity (Wildman–Crippen MR) is 59.3 cm³/mol. The van der Waals surface area contributed by atoms with Gasteiger partial charge < -0.3 is 15.9 Å². The lowest BCUT2D eigenvalue weighted by atomic mass is 10.1. The van der Waals surface area contributed by atoms with Crippen LogP contribution in [0.3, 0.4) is 0 Å². The summed E-state index contributed by atoms with van der Waals surface area (Å²) in [6.45, 7) is 0. The molecule has 1 amide bonds. The molecule has 7 heteroatoms. The number of furan rings is 1. The molecule has 0 atom stereocenters. The van der Waals surface area contributed by atoms with Gasteiger partial charge >= 0.3 is 0 Å². The molecule has 2 heterocycles. The summed E-state index contributed by atoms with van der Waals surface area (Å²) in [7, 11) is 0. The van der Waals surface area contributed by atoms with Crippen molar-refractivity contribution in [1.82, 2.24) is 10.2 Å². The number of primary amides is 1. The molecule has 88 valence electrons. The molecule has 0 bridgehead atoms. The lowest BCUT2D eigenvalue weighted by Gasteiger charge is -2.05. The Bertz CT molecular complexity index is 601. The molecular weight excluding hydrogens is 224 g/mol. The monoisotopic (exact) mass is 234 g/mol. The fourth-order valence-corrected chi connectivity index (χ4v) is 1.47. The number of nitrogens with two attached hydrogens (primary N) is 2. The molecule has 0 saturated carbocycles. The van der Waals surface area contributed by atoms with Crippen LogP contribution in [-0.2, 0) is 6.42 Å². The summed E-state index contributed by atoms with van der Waals surface area (Å²) in [5, 5.41) is 5.97. The van der Waals surface area contributed by atoms with Gasteiger partial charge in [0.15, 0.2) is 0 Å². The molecule has 0 aromatic carbocycles. The van der Waals surface area contributed by atoms with Gasteiger partial charge in [-0.2, -0.15) is 5.10 Å². The van der Waals surface area contributed by atoms with Gasteiger partial charge in [-0.1, -0.05) is 0 Å². The number of nitrogens with one attached hydrogen (secondary N) is 1. The Morgan fingerprint density at radius 2 is 2.29 bits per heavy atom. The second kappa shape index (κ2) is 4.12. The van der Waals surface area contributed by atoms with Crippen LogP contribution in [0.5, 0.6) is 0 Å². The maximum absolute atomic E-state index is 11.3. The molecule has 0 aliphatic carbocycles. The van der Waals surface area contributed by atoms with Crippen LogP contribution in [0, 0.1) is 0 Å². The van der Waals surface area contributed by atoms with Gasteiger partial charge in [0, 0.05) is 6.42 Å². The number of rotatable bonds is 3. The van der Waals surface area contributed by atoms with Crippen molar-refractivity contribution in [1.29, 1.82) is 0 Å². The van der Waals surface area contributed by atoms with Gasteiger partial charge in [0.05, 0.1) is 23.9 Å². The summed E-state index contributed by atoms with van der Waals surface area (Å²) in [6, 6.07) is 1.73. The van der Waals surface area contributed by atoms with Crippen molar-refractivity contribution < 1.29 is 9.21 Å². The van der Waals surface area contributed by atoms with Gasteiger partial charge in [-0.15, -0.1) is 0 Å². The summed E-state index contributed by atoms with van der Waals surface area (Å²) in [4.78, 5) is 22.4. The number of amides is 1. The third-order valence-corrected chi connectivity index (χ3v) is 2.30. The molecule has 0 aliphatic heterocycles. The SMILES string of the molecule is NC(=O)c1c(N)c(Cc2ccoc2)n[nH]c1=O. The number of carbonyl (C=O) groups is 1. The molecule has 2 aromatic rings. The first-order valence-corrected chi connectivity index (χ1v) is 4.77. The lowest BCUT2D eigenvalue weighted by Crippen LogP contribution is -2.27. The molecule has 5 N–H and O–H groups in total. The Labute approximate surface area is 95.4 Å². The summed E-state index contributed by atoms with van der Waals surface area (Å²) in [5.41, 5.74) is 11.0. The van der Waals surface area contributed by atoms with E-state index in [0.717, 1.165) is 5.56 Å². The van der Waals surface area contributed by atoms with E-state index in [2.05, 4.69) is 10.2 Å². The zero-order chi connectivity index (χ0) is 12.4. The quantitative estimate of drug-likeness (QED) is 0.667. The Balaban J connectivity index is 2.46. The highest BCUT2D eigenvalue weighted by atomic mass is 16.3. The molecule has 7 nitrogen and oxygen atoms in total. The second-order valence-electron chi connectivity index (χ2n) is 3.46. The van der Waals surface area contributed by atoms with Crippen molar-refractivity contribution in [3.8, 4) is 0 Å². The average molecular weight is 234 g/mol. The molecule has 0 spiro atoms. The number of aromatic amines is 1. The molecular formula is C10H10N4O3. The average Bonchev–Trinajstić information content (AvgIpc) is 2.74. The highest BCUT2D eigenvalue weighted by Gasteiger charge is 2.16. The van der Waals surface area contributed by atoms with E-state index < -0.39 is 11.5 Å². The van der Waals surface area contributed by atoms with Crippen molar-refractivity contribution in [3.05, 3.63) is 45.8 Å². The molecule has 0 saturated heterocycles. The summed E-state index contributed by atoms with van der Waals surface area (Å²) < 4.78 is 4.90. The minimum atomic E-state index is -0.875. The maximum Gasteiger partial charge on any atom is 0.279 e. The Morgan fingerprint density at radius 3 is 2.88 bits per heavy atom. The van der Waals surface area contributed by atoms with Crippen molar-refractivity contribution in [2.24, 2.45) is 5.73 Å². The zero-order valence-corrected chi connectivity index (χ0v) is 8.77. The minimum absolute atomic E-state index is 0.00227. The fraction of sp³-hybridized carbons (Fsp3) is 0.100. The van der Waals surface area contributed by atoms with Gasteiger partial charge in [-0.25, -0.2) is 5.10 Å². The van der Waals surface area contributed by atoms with E-state index in [1.807, 2.05) is 0 Å². The van der Waals surface area contributed by atoms with Crippen LogP contribution >= 0.6 is 0 Å². The van der Waals surface area contributed by atoms with Crippen LogP contribution in [-0.4, -0.2) is 16.1 Å². The number of aromatic nitrogens is 2. The fourth-order valence-electron chi connectivity index (χ4n) is 1.47. The van der Waals surface area contributed by atoms with Crippen LogP contribution in [0.1, 0.15) is 21.6 Å². The Kier molecular flexibility index (Phi) is 2.65. The number of nitrogen functional groups attached to an aromatic ring is 1. The van der Waals surface area contributed by atoms with Crippen molar-refractivity contribution in [2.75, 3.05) is 5.73 Å². The largest absolute Gasteiger partial charge is 0.472 e. The molecule has 0 unspecified atom stereocenters. The number of anilines is 1. The van der Waals surface area contributed by atoms with E-state index in [4.69, 9.17) is 15.9 Å². The smallest absolute Gasteiger partial charge is 0.279 e. The van der Waals surface area contributed by atoms with Crippen molar-refractivity contribution in [2.45, 2.75) is 6.42 Å². The predicted octanol–water partition coefficient (Wildman–Crippen LogP) is -0.365. The first-order valence-electron chi connectivity index (χ1n) is 4.77. The van der Waals surface area contributed by atoms with Gasteiger partial charge in [-0.3, -0.25) is 9.59 Å². The number of hydrogen-bond donors (Lipinski definition) is 3. The summed E-state index contributed by atoms with van der Waals surface area (Å²) >= 11 is 0. The van der Waals surface area contributed by atoms with E-state index in [1.54, 1.807) is 6.07 Å². The van der Waals surface area contributed by atoms with Gasteiger partial charge in [0.25, 0.3) is 11.5 Å². The van der Waals surface area contributed by atoms with Crippen LogP contribution in [0.2, 0.25) is 0 Å². The number of hydrogen-bond acceptors (Lipinski definition) is 5. The zero-order valence-electron chi connectivity index (χ0n) is 8.77. The van der Waals surface area contributed by atoms with Crippen LogP contribution in [0.25, 0.3) is 0 Å². The highest BCUT2D eigenvalue weighted by molar-refractivity contribution is 5.97. The number of carbonyl (C=O) groups excluding carboxylic acids is 1.